The second kappa shape index (κ2) is 6.55. The molecule has 1 saturated heterocycles. The molecule has 1 aromatic heterocycles. The molecule has 1 aliphatic rings. The number of nitrogens with two attached hydrogens (primary N) is 1. The van der Waals surface area contributed by atoms with E-state index in [1.54, 1.807) is 7.11 Å². The second-order valence-corrected chi connectivity index (χ2v) is 6.44. The summed E-state index contributed by atoms with van der Waals surface area (Å²) in [4.78, 5) is 6.82. The highest BCUT2D eigenvalue weighted by molar-refractivity contribution is 5.21. The minimum atomic E-state index is 0.266. The molecule has 4 nitrogen and oxygen atoms in total. The van der Waals surface area contributed by atoms with E-state index in [0.717, 1.165) is 13.1 Å². The summed E-state index contributed by atoms with van der Waals surface area (Å²) in [6, 6.07) is 4.27. The SMILES string of the molecule is COc1ccc(C(CN)N2CCCC(C)(C)CC2)cn1. The molecule has 20 heavy (non-hydrogen) atoms. The fourth-order valence-electron chi connectivity index (χ4n) is 2.96. The summed E-state index contributed by atoms with van der Waals surface area (Å²) in [5.41, 5.74) is 7.66. The molecule has 0 aromatic carbocycles. The zero-order valence-electron chi connectivity index (χ0n) is 12.9. The predicted molar refractivity (Wildman–Crippen MR) is 81.8 cm³/mol. The van der Waals surface area contributed by atoms with E-state index in [-0.39, 0.29) is 6.04 Å². The summed E-state index contributed by atoms with van der Waals surface area (Å²) in [7, 11) is 1.64. The Morgan fingerprint density at radius 2 is 2.15 bits per heavy atom. The third-order valence-corrected chi connectivity index (χ3v) is 4.39. The van der Waals surface area contributed by atoms with E-state index in [1.165, 1.54) is 24.8 Å². The van der Waals surface area contributed by atoms with Crippen LogP contribution in [0.3, 0.4) is 0 Å². The second-order valence-electron chi connectivity index (χ2n) is 6.44. The molecular weight excluding hydrogens is 250 g/mol. The number of methoxy groups -OCH3 is 1. The first-order valence-corrected chi connectivity index (χ1v) is 7.50. The van der Waals surface area contributed by atoms with Gasteiger partial charge in [-0.15, -0.1) is 0 Å². The van der Waals surface area contributed by atoms with Crippen molar-refractivity contribution in [3.8, 4) is 5.88 Å². The summed E-state index contributed by atoms with van der Waals surface area (Å²) in [5.74, 6) is 0.654. The highest BCUT2D eigenvalue weighted by Gasteiger charge is 2.27. The Morgan fingerprint density at radius 1 is 1.35 bits per heavy atom. The molecule has 0 amide bonds. The molecule has 1 unspecified atom stereocenters. The van der Waals surface area contributed by atoms with Crippen LogP contribution in [0.25, 0.3) is 0 Å². The first-order valence-electron chi connectivity index (χ1n) is 7.50. The van der Waals surface area contributed by atoms with Gasteiger partial charge in [0, 0.05) is 24.8 Å². The number of pyridine rings is 1. The van der Waals surface area contributed by atoms with Crippen molar-refractivity contribution >= 4 is 0 Å². The van der Waals surface area contributed by atoms with Crippen molar-refractivity contribution in [3.63, 3.8) is 0 Å². The fourth-order valence-corrected chi connectivity index (χ4v) is 2.96. The molecular formula is C16H27N3O. The molecule has 0 spiro atoms. The van der Waals surface area contributed by atoms with Crippen molar-refractivity contribution in [3.05, 3.63) is 23.9 Å². The van der Waals surface area contributed by atoms with Crippen LogP contribution >= 0.6 is 0 Å². The average Bonchev–Trinajstić information content (AvgIpc) is 2.62. The lowest BCUT2D eigenvalue weighted by Gasteiger charge is -2.30. The molecule has 0 saturated carbocycles. The van der Waals surface area contributed by atoms with Gasteiger partial charge in [-0.25, -0.2) is 4.98 Å². The number of nitrogens with zero attached hydrogens (tertiary/aromatic N) is 2. The highest BCUT2D eigenvalue weighted by atomic mass is 16.5. The van der Waals surface area contributed by atoms with E-state index in [0.29, 0.717) is 17.8 Å². The summed E-state index contributed by atoms with van der Waals surface area (Å²) >= 11 is 0. The van der Waals surface area contributed by atoms with Gasteiger partial charge in [0.1, 0.15) is 0 Å². The molecule has 0 aliphatic carbocycles. The maximum absolute atomic E-state index is 6.02. The summed E-state index contributed by atoms with van der Waals surface area (Å²) in [5, 5.41) is 0. The molecule has 4 heteroatoms. The first kappa shape index (κ1) is 15.3. The minimum absolute atomic E-state index is 0.266. The third kappa shape index (κ3) is 3.70. The van der Waals surface area contributed by atoms with Gasteiger partial charge in [0.25, 0.3) is 0 Å². The van der Waals surface area contributed by atoms with Crippen LogP contribution in [0.5, 0.6) is 5.88 Å². The molecule has 0 bridgehead atoms. The van der Waals surface area contributed by atoms with E-state index >= 15 is 0 Å². The van der Waals surface area contributed by atoms with Crippen LogP contribution in [0.2, 0.25) is 0 Å². The molecule has 2 N–H and O–H groups in total. The van der Waals surface area contributed by atoms with E-state index in [2.05, 4.69) is 29.8 Å². The molecule has 1 aliphatic heterocycles. The van der Waals surface area contributed by atoms with Gasteiger partial charge in [0.05, 0.1) is 7.11 Å². The normalized spacial score (nSPS) is 21.2. The van der Waals surface area contributed by atoms with Crippen molar-refractivity contribution in [2.45, 2.75) is 39.2 Å². The molecule has 2 heterocycles. The molecule has 1 aromatic rings. The van der Waals surface area contributed by atoms with Gasteiger partial charge in [0.2, 0.25) is 5.88 Å². The van der Waals surface area contributed by atoms with Crippen LogP contribution in [0.4, 0.5) is 0 Å². The molecule has 1 atom stereocenters. The van der Waals surface area contributed by atoms with E-state index < -0.39 is 0 Å². The van der Waals surface area contributed by atoms with Crippen LogP contribution in [0.1, 0.15) is 44.7 Å². The number of rotatable bonds is 4. The Kier molecular flexibility index (Phi) is 5.00. The van der Waals surface area contributed by atoms with E-state index in [4.69, 9.17) is 10.5 Å². The molecule has 112 valence electrons. The standard InChI is InChI=1S/C16H27N3O/c1-16(2)7-4-9-19(10-8-16)14(11-17)13-5-6-15(20-3)18-12-13/h5-6,12,14H,4,7-11,17H2,1-3H3. The number of hydrogen-bond acceptors (Lipinski definition) is 4. The van der Waals surface area contributed by atoms with Crippen LogP contribution in [-0.2, 0) is 0 Å². The minimum Gasteiger partial charge on any atom is -0.481 e. The maximum atomic E-state index is 6.02. The van der Waals surface area contributed by atoms with Crippen molar-refractivity contribution < 1.29 is 4.74 Å². The molecule has 2 rings (SSSR count). The van der Waals surface area contributed by atoms with Crippen molar-refractivity contribution in [1.29, 1.82) is 0 Å². The van der Waals surface area contributed by atoms with Crippen molar-refractivity contribution in [1.82, 2.24) is 9.88 Å². The monoisotopic (exact) mass is 277 g/mol. The zero-order valence-corrected chi connectivity index (χ0v) is 12.9. The number of hydrogen-bond donors (Lipinski definition) is 1. The largest absolute Gasteiger partial charge is 0.481 e. The Bertz CT molecular complexity index is 416. The quantitative estimate of drug-likeness (QED) is 0.919. The Balaban J connectivity index is 2.10. The number of aromatic nitrogens is 1. The third-order valence-electron chi connectivity index (χ3n) is 4.39. The fraction of sp³-hybridized carbons (Fsp3) is 0.688. The lowest BCUT2D eigenvalue weighted by Crippen LogP contribution is -2.35. The topological polar surface area (TPSA) is 51.4 Å². The molecule has 0 radical (unpaired) electrons. The van der Waals surface area contributed by atoms with Crippen LogP contribution in [-0.4, -0.2) is 36.6 Å². The van der Waals surface area contributed by atoms with Gasteiger partial charge in [-0.3, -0.25) is 4.90 Å². The van der Waals surface area contributed by atoms with Crippen molar-refractivity contribution in [2.24, 2.45) is 11.1 Å². The Morgan fingerprint density at radius 3 is 2.75 bits per heavy atom. The lowest BCUT2D eigenvalue weighted by molar-refractivity contribution is 0.199. The summed E-state index contributed by atoms with van der Waals surface area (Å²) in [6.07, 6.45) is 5.66. The number of likely N-dealkylation sites (tertiary alicyclic amines) is 1. The van der Waals surface area contributed by atoms with Gasteiger partial charge in [0.15, 0.2) is 0 Å². The molecule has 1 fully saturated rings. The number of ether oxygens (including phenoxy) is 1. The maximum Gasteiger partial charge on any atom is 0.212 e. The van der Waals surface area contributed by atoms with Gasteiger partial charge >= 0.3 is 0 Å². The van der Waals surface area contributed by atoms with Crippen LogP contribution in [0, 0.1) is 5.41 Å². The van der Waals surface area contributed by atoms with Gasteiger partial charge in [-0.1, -0.05) is 19.9 Å². The summed E-state index contributed by atoms with van der Waals surface area (Å²) in [6.45, 7) is 7.60. The smallest absolute Gasteiger partial charge is 0.212 e. The van der Waals surface area contributed by atoms with Gasteiger partial charge < -0.3 is 10.5 Å². The van der Waals surface area contributed by atoms with Crippen LogP contribution in [0.15, 0.2) is 18.3 Å². The van der Waals surface area contributed by atoms with E-state index in [9.17, 15) is 0 Å². The lowest BCUT2D eigenvalue weighted by atomic mass is 9.85. The van der Waals surface area contributed by atoms with Crippen LogP contribution < -0.4 is 10.5 Å². The summed E-state index contributed by atoms with van der Waals surface area (Å²) < 4.78 is 5.12. The Hall–Kier alpha value is -1.13. The first-order chi connectivity index (χ1) is 9.55. The zero-order chi connectivity index (χ0) is 14.6. The Labute approximate surface area is 122 Å². The van der Waals surface area contributed by atoms with Crippen molar-refractivity contribution in [2.75, 3.05) is 26.7 Å². The van der Waals surface area contributed by atoms with E-state index in [1.807, 2.05) is 12.3 Å². The highest BCUT2D eigenvalue weighted by Crippen LogP contribution is 2.32. The predicted octanol–water partition coefficient (Wildman–Crippen LogP) is 2.60. The van der Waals surface area contributed by atoms with Gasteiger partial charge in [-0.2, -0.15) is 0 Å². The van der Waals surface area contributed by atoms with Gasteiger partial charge in [-0.05, 0) is 43.3 Å². The average molecular weight is 277 g/mol.